The maximum atomic E-state index is 14.2. The maximum Gasteiger partial charge on any atom is 0.223 e. The second-order valence-corrected chi connectivity index (χ2v) is 6.95. The van der Waals surface area contributed by atoms with Crippen molar-refractivity contribution in [1.82, 2.24) is 15.3 Å². The van der Waals surface area contributed by atoms with Gasteiger partial charge in [0.25, 0.3) is 0 Å². The molecule has 2 aromatic heterocycles. The molecule has 2 unspecified atom stereocenters. The second-order valence-electron chi connectivity index (χ2n) is 6.95. The average Bonchev–Trinajstić information content (AvgIpc) is 3.14. The van der Waals surface area contributed by atoms with Gasteiger partial charge >= 0.3 is 0 Å². The molecule has 1 fully saturated rings. The summed E-state index contributed by atoms with van der Waals surface area (Å²) in [4.78, 5) is 20.3. The predicted molar refractivity (Wildman–Crippen MR) is 103 cm³/mol. The standard InChI is InChI=1S/C21H19F2N3O3/c1-11(13-8-19(27)25-10-13)29-21-14-4-3-5-24-18(14)9-17(26-21)12-6-15(22)20(28-2)16(23)7-12/h3-7,9,11,13H,8,10H2,1-2H3,(H,25,27). The number of rotatable bonds is 5. The molecule has 4 rings (SSSR count). The van der Waals surface area contributed by atoms with E-state index in [4.69, 9.17) is 9.47 Å². The van der Waals surface area contributed by atoms with E-state index in [1.165, 1.54) is 7.11 Å². The second kappa shape index (κ2) is 7.62. The van der Waals surface area contributed by atoms with Gasteiger partial charge in [-0.3, -0.25) is 9.78 Å². The van der Waals surface area contributed by atoms with Gasteiger partial charge in [0.15, 0.2) is 17.4 Å². The number of aromatic nitrogens is 2. The maximum absolute atomic E-state index is 14.2. The van der Waals surface area contributed by atoms with Gasteiger partial charge in [-0.25, -0.2) is 13.8 Å². The third-order valence-corrected chi connectivity index (χ3v) is 5.03. The third kappa shape index (κ3) is 3.70. The minimum Gasteiger partial charge on any atom is -0.491 e. The Bertz CT molecular complexity index is 1070. The zero-order chi connectivity index (χ0) is 20.5. The predicted octanol–water partition coefficient (Wildman–Crippen LogP) is 3.49. The first-order valence-corrected chi connectivity index (χ1v) is 9.18. The van der Waals surface area contributed by atoms with Crippen molar-refractivity contribution in [2.45, 2.75) is 19.4 Å². The molecular weight excluding hydrogens is 380 g/mol. The molecule has 29 heavy (non-hydrogen) atoms. The Morgan fingerprint density at radius 2 is 2.00 bits per heavy atom. The Hall–Kier alpha value is -3.29. The number of hydrogen-bond acceptors (Lipinski definition) is 5. The van der Waals surface area contributed by atoms with Gasteiger partial charge in [0.05, 0.1) is 23.7 Å². The summed E-state index contributed by atoms with van der Waals surface area (Å²) < 4.78 is 39.2. The Balaban J connectivity index is 1.76. The SMILES string of the molecule is COc1c(F)cc(-c2cc3ncccc3c(OC(C)C3CNC(=O)C3)n2)cc1F. The van der Waals surface area contributed by atoms with E-state index in [0.717, 1.165) is 12.1 Å². The average molecular weight is 399 g/mol. The molecule has 1 amide bonds. The van der Waals surface area contributed by atoms with Crippen LogP contribution in [-0.4, -0.2) is 35.6 Å². The number of amides is 1. The summed E-state index contributed by atoms with van der Waals surface area (Å²) in [5.41, 5.74) is 1.14. The molecule has 3 aromatic rings. The van der Waals surface area contributed by atoms with Gasteiger partial charge < -0.3 is 14.8 Å². The van der Waals surface area contributed by atoms with Gasteiger partial charge in [-0.05, 0) is 37.3 Å². The normalized spacial score (nSPS) is 17.2. The monoisotopic (exact) mass is 399 g/mol. The van der Waals surface area contributed by atoms with Crippen LogP contribution in [0, 0.1) is 17.6 Å². The van der Waals surface area contributed by atoms with E-state index in [2.05, 4.69) is 15.3 Å². The van der Waals surface area contributed by atoms with Crippen LogP contribution in [0.5, 0.6) is 11.6 Å². The van der Waals surface area contributed by atoms with Crippen molar-refractivity contribution in [1.29, 1.82) is 0 Å². The summed E-state index contributed by atoms with van der Waals surface area (Å²) in [5.74, 6) is -1.79. The fourth-order valence-electron chi connectivity index (χ4n) is 3.42. The molecule has 1 aromatic carbocycles. The third-order valence-electron chi connectivity index (χ3n) is 5.03. The lowest BCUT2D eigenvalue weighted by molar-refractivity contribution is -0.119. The smallest absolute Gasteiger partial charge is 0.223 e. The Morgan fingerprint density at radius 1 is 1.24 bits per heavy atom. The molecule has 2 atom stereocenters. The molecule has 1 aliphatic rings. The minimum atomic E-state index is -0.822. The molecule has 150 valence electrons. The lowest BCUT2D eigenvalue weighted by atomic mass is 10.0. The summed E-state index contributed by atoms with van der Waals surface area (Å²) >= 11 is 0. The number of halogens is 2. The summed E-state index contributed by atoms with van der Waals surface area (Å²) in [5, 5.41) is 3.46. The number of nitrogens with one attached hydrogen (secondary N) is 1. The Labute approximate surface area is 165 Å². The van der Waals surface area contributed by atoms with Gasteiger partial charge in [0.2, 0.25) is 11.8 Å². The first kappa shape index (κ1) is 19.0. The number of fused-ring (bicyclic) bond motifs is 1. The molecule has 0 spiro atoms. The summed E-state index contributed by atoms with van der Waals surface area (Å²) in [7, 11) is 1.20. The largest absolute Gasteiger partial charge is 0.491 e. The molecule has 0 bridgehead atoms. The van der Waals surface area contributed by atoms with Crippen LogP contribution in [0.2, 0.25) is 0 Å². The molecule has 0 radical (unpaired) electrons. The molecule has 8 heteroatoms. The number of nitrogens with zero attached hydrogens (tertiary/aromatic N) is 2. The van der Waals surface area contributed by atoms with Crippen LogP contribution >= 0.6 is 0 Å². The molecular formula is C21H19F2N3O3. The number of benzene rings is 1. The van der Waals surface area contributed by atoms with Gasteiger partial charge in [0, 0.05) is 30.6 Å². The minimum absolute atomic E-state index is 0.00977. The van der Waals surface area contributed by atoms with E-state index < -0.39 is 17.4 Å². The fraction of sp³-hybridized carbons (Fsp3) is 0.286. The molecule has 6 nitrogen and oxygen atoms in total. The number of carbonyl (C=O) groups is 1. The van der Waals surface area contributed by atoms with Crippen LogP contribution in [0.4, 0.5) is 8.78 Å². The molecule has 3 heterocycles. The van der Waals surface area contributed by atoms with E-state index in [1.807, 2.05) is 13.0 Å². The van der Waals surface area contributed by atoms with Gasteiger partial charge in [-0.2, -0.15) is 0 Å². The van der Waals surface area contributed by atoms with Gasteiger partial charge in [0.1, 0.15) is 6.10 Å². The highest BCUT2D eigenvalue weighted by atomic mass is 19.1. The van der Waals surface area contributed by atoms with Crippen molar-refractivity contribution in [2.75, 3.05) is 13.7 Å². The number of pyridine rings is 2. The molecule has 1 saturated heterocycles. The zero-order valence-electron chi connectivity index (χ0n) is 15.9. The van der Waals surface area contributed by atoms with Crippen molar-refractivity contribution >= 4 is 16.8 Å². The van der Waals surface area contributed by atoms with Crippen LogP contribution in [0.15, 0.2) is 36.5 Å². The first-order valence-electron chi connectivity index (χ1n) is 9.18. The van der Waals surface area contributed by atoms with Crippen LogP contribution in [0.1, 0.15) is 13.3 Å². The van der Waals surface area contributed by atoms with Crippen LogP contribution < -0.4 is 14.8 Å². The number of hydrogen-bond donors (Lipinski definition) is 1. The van der Waals surface area contributed by atoms with E-state index in [9.17, 15) is 13.6 Å². The van der Waals surface area contributed by atoms with Gasteiger partial charge in [-0.15, -0.1) is 0 Å². The molecule has 0 aliphatic carbocycles. The number of ether oxygens (including phenoxy) is 2. The quantitative estimate of drug-likeness (QED) is 0.711. The molecule has 1 aliphatic heterocycles. The topological polar surface area (TPSA) is 73.3 Å². The zero-order valence-corrected chi connectivity index (χ0v) is 15.9. The van der Waals surface area contributed by atoms with E-state index in [0.29, 0.717) is 35.4 Å². The Kier molecular flexibility index (Phi) is 5.00. The lowest BCUT2D eigenvalue weighted by Gasteiger charge is -2.20. The highest BCUT2D eigenvalue weighted by Crippen LogP contribution is 2.33. The van der Waals surface area contributed by atoms with Crippen molar-refractivity contribution in [3.8, 4) is 22.9 Å². The summed E-state index contributed by atoms with van der Waals surface area (Å²) in [6.45, 7) is 2.40. The van der Waals surface area contributed by atoms with Crippen molar-refractivity contribution in [3.05, 3.63) is 48.2 Å². The van der Waals surface area contributed by atoms with Crippen molar-refractivity contribution < 1.29 is 23.0 Å². The highest BCUT2D eigenvalue weighted by Gasteiger charge is 2.28. The number of methoxy groups -OCH3 is 1. The first-order chi connectivity index (χ1) is 14.0. The summed E-state index contributed by atoms with van der Waals surface area (Å²) in [6, 6.07) is 7.54. The van der Waals surface area contributed by atoms with Crippen LogP contribution in [-0.2, 0) is 4.79 Å². The van der Waals surface area contributed by atoms with Gasteiger partial charge in [-0.1, -0.05) is 0 Å². The fourth-order valence-corrected chi connectivity index (χ4v) is 3.42. The highest BCUT2D eigenvalue weighted by molar-refractivity contribution is 5.87. The van der Waals surface area contributed by atoms with E-state index in [1.54, 1.807) is 18.3 Å². The van der Waals surface area contributed by atoms with Crippen LogP contribution in [0.3, 0.4) is 0 Å². The van der Waals surface area contributed by atoms with Crippen molar-refractivity contribution in [2.24, 2.45) is 5.92 Å². The lowest BCUT2D eigenvalue weighted by Crippen LogP contribution is -2.26. The van der Waals surface area contributed by atoms with Crippen LogP contribution in [0.25, 0.3) is 22.2 Å². The van der Waals surface area contributed by atoms with E-state index in [-0.39, 0.29) is 23.5 Å². The molecule has 1 N–H and O–H groups in total. The molecule has 0 saturated carbocycles. The Morgan fingerprint density at radius 3 is 2.66 bits per heavy atom. The van der Waals surface area contributed by atoms with Crippen molar-refractivity contribution in [3.63, 3.8) is 0 Å². The van der Waals surface area contributed by atoms with E-state index >= 15 is 0 Å². The number of carbonyl (C=O) groups excluding carboxylic acids is 1. The summed E-state index contributed by atoms with van der Waals surface area (Å²) in [6.07, 6.45) is 1.71.